The summed E-state index contributed by atoms with van der Waals surface area (Å²) in [6, 6.07) is 11.7. The van der Waals surface area contributed by atoms with Crippen molar-refractivity contribution < 1.29 is 13.9 Å². The molecule has 5 heteroatoms. The van der Waals surface area contributed by atoms with Gasteiger partial charge in [0.1, 0.15) is 17.3 Å². The van der Waals surface area contributed by atoms with Gasteiger partial charge in [0.2, 0.25) is 5.88 Å². The van der Waals surface area contributed by atoms with Gasteiger partial charge in [-0.2, -0.15) is 0 Å². The maximum absolute atomic E-state index is 13.5. The fourth-order valence-corrected chi connectivity index (χ4v) is 2.09. The number of nitrogens with zero attached hydrogens (tertiary/aromatic N) is 1. The number of benzene rings is 2. The lowest BCUT2D eigenvalue weighted by molar-refractivity contribution is 0.419. The molecule has 3 rings (SSSR count). The highest BCUT2D eigenvalue weighted by Gasteiger charge is 2.09. The minimum atomic E-state index is -0.523. The lowest BCUT2D eigenvalue weighted by atomic mass is 10.1. The van der Waals surface area contributed by atoms with Crippen LogP contribution in [0.1, 0.15) is 0 Å². The number of ether oxygens (including phenoxy) is 2. The van der Waals surface area contributed by atoms with E-state index in [2.05, 4.69) is 4.98 Å². The van der Waals surface area contributed by atoms with Crippen molar-refractivity contribution in [3.8, 4) is 17.4 Å². The summed E-state index contributed by atoms with van der Waals surface area (Å²) >= 11 is 0. The molecule has 2 N–H and O–H groups in total. The zero-order chi connectivity index (χ0) is 14.8. The lowest BCUT2D eigenvalue weighted by Crippen LogP contribution is -1.94. The molecular formula is C16H13FN2O2. The molecule has 0 spiro atoms. The van der Waals surface area contributed by atoms with Gasteiger partial charge in [-0.25, -0.2) is 9.37 Å². The summed E-state index contributed by atoms with van der Waals surface area (Å²) in [5, 5.41) is 1.66. The zero-order valence-electron chi connectivity index (χ0n) is 11.3. The maximum Gasteiger partial charge on any atom is 0.227 e. The molecule has 0 radical (unpaired) electrons. The second-order valence-corrected chi connectivity index (χ2v) is 4.46. The number of hydrogen-bond acceptors (Lipinski definition) is 4. The van der Waals surface area contributed by atoms with Crippen LogP contribution in [0.2, 0.25) is 0 Å². The van der Waals surface area contributed by atoms with E-state index >= 15 is 0 Å². The van der Waals surface area contributed by atoms with Crippen molar-refractivity contribution >= 4 is 16.5 Å². The first-order valence-corrected chi connectivity index (χ1v) is 6.33. The number of hydrogen-bond donors (Lipinski definition) is 1. The molecule has 2 aromatic carbocycles. The Bertz CT molecular complexity index is 805. The number of nitrogens with two attached hydrogens (primary N) is 1. The maximum atomic E-state index is 13.5. The van der Waals surface area contributed by atoms with Crippen LogP contribution in [0, 0.1) is 5.82 Å². The Labute approximate surface area is 120 Å². The smallest absolute Gasteiger partial charge is 0.227 e. The molecular weight excluding hydrogens is 271 g/mol. The van der Waals surface area contributed by atoms with E-state index in [9.17, 15) is 4.39 Å². The highest BCUT2D eigenvalue weighted by atomic mass is 19.1. The number of nitrogen functional groups attached to an aromatic ring is 1. The molecule has 0 aliphatic carbocycles. The third-order valence-corrected chi connectivity index (χ3v) is 3.14. The predicted octanol–water partition coefficient (Wildman–Crippen LogP) is 3.76. The SMILES string of the molecule is COc1cccc2c(Oc3ccc(N)c(F)c3)nccc12. The first-order valence-electron chi connectivity index (χ1n) is 6.33. The summed E-state index contributed by atoms with van der Waals surface area (Å²) in [5.41, 5.74) is 5.53. The Morgan fingerprint density at radius 2 is 1.95 bits per heavy atom. The first-order chi connectivity index (χ1) is 10.2. The predicted molar refractivity (Wildman–Crippen MR) is 79.2 cm³/mol. The topological polar surface area (TPSA) is 57.4 Å². The van der Waals surface area contributed by atoms with Crippen LogP contribution in [0.5, 0.6) is 17.4 Å². The number of pyridine rings is 1. The van der Waals surface area contributed by atoms with E-state index in [1.54, 1.807) is 19.4 Å². The monoisotopic (exact) mass is 284 g/mol. The van der Waals surface area contributed by atoms with Gasteiger partial charge in [-0.3, -0.25) is 0 Å². The fourth-order valence-electron chi connectivity index (χ4n) is 2.09. The van der Waals surface area contributed by atoms with Crippen LogP contribution in [0.15, 0.2) is 48.7 Å². The number of rotatable bonds is 3. The number of halogens is 1. The fraction of sp³-hybridized carbons (Fsp3) is 0.0625. The van der Waals surface area contributed by atoms with Crippen molar-refractivity contribution in [2.45, 2.75) is 0 Å². The highest BCUT2D eigenvalue weighted by Crippen LogP contribution is 2.33. The molecule has 1 heterocycles. The Kier molecular flexibility index (Phi) is 3.31. The molecule has 0 saturated heterocycles. The van der Waals surface area contributed by atoms with Crippen molar-refractivity contribution in [1.82, 2.24) is 4.98 Å². The Hall–Kier alpha value is -2.82. The Balaban J connectivity index is 2.06. The van der Waals surface area contributed by atoms with E-state index in [4.69, 9.17) is 15.2 Å². The minimum absolute atomic E-state index is 0.0786. The van der Waals surface area contributed by atoms with Crippen LogP contribution in [0.25, 0.3) is 10.8 Å². The summed E-state index contributed by atoms with van der Waals surface area (Å²) in [6.07, 6.45) is 1.62. The summed E-state index contributed by atoms with van der Waals surface area (Å²) in [4.78, 5) is 4.20. The number of fused-ring (bicyclic) bond motifs is 1. The van der Waals surface area contributed by atoms with Crippen molar-refractivity contribution in [3.05, 3.63) is 54.5 Å². The third kappa shape index (κ3) is 2.45. The van der Waals surface area contributed by atoms with E-state index in [-0.39, 0.29) is 5.69 Å². The molecule has 0 amide bonds. The molecule has 0 bridgehead atoms. The van der Waals surface area contributed by atoms with E-state index in [0.29, 0.717) is 11.6 Å². The van der Waals surface area contributed by atoms with Gasteiger partial charge in [0.05, 0.1) is 12.8 Å². The van der Waals surface area contributed by atoms with E-state index < -0.39 is 5.82 Å². The Morgan fingerprint density at radius 3 is 2.71 bits per heavy atom. The molecule has 3 aromatic rings. The largest absolute Gasteiger partial charge is 0.496 e. The van der Waals surface area contributed by atoms with Crippen molar-refractivity contribution in [3.63, 3.8) is 0 Å². The van der Waals surface area contributed by atoms with E-state index in [1.807, 2.05) is 24.3 Å². The molecule has 0 fully saturated rings. The zero-order valence-corrected chi connectivity index (χ0v) is 11.3. The summed E-state index contributed by atoms with van der Waals surface area (Å²) in [7, 11) is 1.60. The molecule has 0 saturated carbocycles. The first kappa shape index (κ1) is 13.2. The molecule has 21 heavy (non-hydrogen) atoms. The van der Waals surface area contributed by atoms with Crippen LogP contribution in [0.3, 0.4) is 0 Å². The number of aromatic nitrogens is 1. The lowest BCUT2D eigenvalue weighted by Gasteiger charge is -2.10. The second kappa shape index (κ2) is 5.28. The average molecular weight is 284 g/mol. The molecule has 0 aliphatic heterocycles. The van der Waals surface area contributed by atoms with Gasteiger partial charge in [-0.1, -0.05) is 6.07 Å². The van der Waals surface area contributed by atoms with Gasteiger partial charge in [-0.15, -0.1) is 0 Å². The summed E-state index contributed by atoms with van der Waals surface area (Å²) < 4.78 is 24.4. The third-order valence-electron chi connectivity index (χ3n) is 3.14. The standard InChI is InChI=1S/C16H13FN2O2/c1-20-15-4-2-3-12-11(15)7-8-19-16(12)21-10-5-6-14(18)13(17)9-10/h2-9H,18H2,1H3. The van der Waals surface area contributed by atoms with Crippen LogP contribution in [-0.2, 0) is 0 Å². The van der Waals surface area contributed by atoms with Crippen molar-refractivity contribution in [2.24, 2.45) is 0 Å². The average Bonchev–Trinajstić information content (AvgIpc) is 2.51. The van der Waals surface area contributed by atoms with Crippen LogP contribution in [0.4, 0.5) is 10.1 Å². The van der Waals surface area contributed by atoms with E-state index in [1.165, 1.54) is 12.1 Å². The summed E-state index contributed by atoms with van der Waals surface area (Å²) in [5.74, 6) is 0.925. The highest BCUT2D eigenvalue weighted by molar-refractivity contribution is 5.91. The van der Waals surface area contributed by atoms with Crippen LogP contribution >= 0.6 is 0 Å². The molecule has 0 atom stereocenters. The van der Waals surface area contributed by atoms with Gasteiger partial charge in [0.15, 0.2) is 0 Å². The van der Waals surface area contributed by atoms with Crippen LogP contribution < -0.4 is 15.2 Å². The number of anilines is 1. The van der Waals surface area contributed by atoms with Gasteiger partial charge in [0, 0.05) is 23.0 Å². The minimum Gasteiger partial charge on any atom is -0.496 e. The van der Waals surface area contributed by atoms with Crippen molar-refractivity contribution in [2.75, 3.05) is 12.8 Å². The van der Waals surface area contributed by atoms with Gasteiger partial charge < -0.3 is 15.2 Å². The second-order valence-electron chi connectivity index (χ2n) is 4.46. The van der Waals surface area contributed by atoms with Crippen LogP contribution in [-0.4, -0.2) is 12.1 Å². The summed E-state index contributed by atoms with van der Waals surface area (Å²) in [6.45, 7) is 0. The quantitative estimate of drug-likeness (QED) is 0.744. The molecule has 0 unspecified atom stereocenters. The Morgan fingerprint density at radius 1 is 1.10 bits per heavy atom. The molecule has 0 aliphatic rings. The van der Waals surface area contributed by atoms with Gasteiger partial charge in [0.25, 0.3) is 0 Å². The normalized spacial score (nSPS) is 10.6. The van der Waals surface area contributed by atoms with Gasteiger partial charge in [-0.05, 0) is 30.3 Å². The number of methoxy groups -OCH3 is 1. The molecule has 106 valence electrons. The van der Waals surface area contributed by atoms with Gasteiger partial charge >= 0.3 is 0 Å². The van der Waals surface area contributed by atoms with Crippen molar-refractivity contribution in [1.29, 1.82) is 0 Å². The molecule has 4 nitrogen and oxygen atoms in total. The molecule has 1 aromatic heterocycles. The van der Waals surface area contributed by atoms with E-state index in [0.717, 1.165) is 16.5 Å².